The fourth-order valence-electron chi connectivity index (χ4n) is 1.76. The van der Waals surface area contributed by atoms with E-state index >= 15 is 0 Å². The minimum Gasteiger partial charge on any atom is -0.406 e. The molecule has 4 nitrogen and oxygen atoms in total. The zero-order valence-corrected chi connectivity index (χ0v) is 11.2. The number of rotatable bonds is 4. The third kappa shape index (κ3) is 4.49. The average molecular weight is 311 g/mol. The summed E-state index contributed by atoms with van der Waals surface area (Å²) in [5, 5.41) is 11.6. The molecule has 0 aliphatic rings. The van der Waals surface area contributed by atoms with Crippen LogP contribution in [0.1, 0.15) is 15.9 Å². The summed E-state index contributed by atoms with van der Waals surface area (Å²) in [5.74, 6) is -0.875. The minimum absolute atomic E-state index is 0.160. The van der Waals surface area contributed by atoms with Crippen molar-refractivity contribution in [2.45, 2.75) is 13.0 Å². The summed E-state index contributed by atoms with van der Waals surface area (Å²) in [6, 6.07) is 11.2. The van der Waals surface area contributed by atoms with Gasteiger partial charge in [-0.1, -0.05) is 12.1 Å². The number of hydrogen-bond donors (Lipinski definition) is 2. The predicted molar refractivity (Wildman–Crippen MR) is 73.4 cm³/mol. The molecule has 2 N–H and O–H groups in total. The molecule has 22 heavy (non-hydrogen) atoms. The second-order valence-electron chi connectivity index (χ2n) is 4.38. The summed E-state index contributed by atoms with van der Waals surface area (Å²) in [6.45, 7) is -0.160. The van der Waals surface area contributed by atoms with Crippen LogP contribution in [0.15, 0.2) is 48.5 Å². The van der Waals surface area contributed by atoms with Crippen molar-refractivity contribution in [3.05, 3.63) is 59.7 Å². The lowest BCUT2D eigenvalue weighted by atomic mass is 10.1. The van der Waals surface area contributed by atoms with Gasteiger partial charge < -0.3 is 15.2 Å². The number of hydrogen-bond acceptors (Lipinski definition) is 3. The van der Waals surface area contributed by atoms with E-state index in [9.17, 15) is 18.0 Å². The minimum atomic E-state index is -4.77. The van der Waals surface area contributed by atoms with Crippen LogP contribution >= 0.6 is 0 Å². The molecule has 0 aromatic heterocycles. The topological polar surface area (TPSA) is 58.6 Å². The van der Waals surface area contributed by atoms with Crippen LogP contribution in [-0.4, -0.2) is 17.4 Å². The number of alkyl halides is 3. The Balaban J connectivity index is 2.06. The summed E-state index contributed by atoms with van der Waals surface area (Å²) in [7, 11) is 0. The Kier molecular flexibility index (Phi) is 4.67. The normalized spacial score (nSPS) is 11.1. The molecule has 0 atom stereocenters. The monoisotopic (exact) mass is 311 g/mol. The van der Waals surface area contributed by atoms with Gasteiger partial charge in [0.1, 0.15) is 5.75 Å². The second-order valence-corrected chi connectivity index (χ2v) is 4.38. The largest absolute Gasteiger partial charge is 0.573 e. The molecule has 0 saturated heterocycles. The first-order valence-electron chi connectivity index (χ1n) is 6.24. The molecule has 0 aliphatic carbocycles. The third-order valence-corrected chi connectivity index (χ3v) is 2.72. The van der Waals surface area contributed by atoms with Crippen molar-refractivity contribution < 1.29 is 27.8 Å². The van der Waals surface area contributed by atoms with E-state index in [0.717, 1.165) is 12.1 Å². The molecule has 0 spiro atoms. The van der Waals surface area contributed by atoms with Gasteiger partial charge in [0, 0.05) is 11.3 Å². The van der Waals surface area contributed by atoms with Crippen molar-refractivity contribution in [2.24, 2.45) is 0 Å². The van der Waals surface area contributed by atoms with E-state index in [-0.39, 0.29) is 12.2 Å². The van der Waals surface area contributed by atoms with E-state index in [1.165, 1.54) is 12.1 Å². The van der Waals surface area contributed by atoms with Gasteiger partial charge in [0.15, 0.2) is 0 Å². The van der Waals surface area contributed by atoms with E-state index in [1.54, 1.807) is 24.3 Å². The summed E-state index contributed by atoms with van der Waals surface area (Å²) >= 11 is 0. The lowest BCUT2D eigenvalue weighted by Crippen LogP contribution is -2.17. The zero-order chi connectivity index (χ0) is 16.2. The van der Waals surface area contributed by atoms with Crippen molar-refractivity contribution in [1.82, 2.24) is 0 Å². The molecule has 0 aliphatic heterocycles. The Hall–Kier alpha value is -2.54. The first-order valence-corrected chi connectivity index (χ1v) is 6.24. The van der Waals surface area contributed by atoms with Crippen LogP contribution in [0.25, 0.3) is 0 Å². The van der Waals surface area contributed by atoms with Gasteiger partial charge in [-0.05, 0) is 42.0 Å². The Morgan fingerprint density at radius 1 is 1.14 bits per heavy atom. The Morgan fingerprint density at radius 2 is 1.82 bits per heavy atom. The van der Waals surface area contributed by atoms with E-state index in [2.05, 4.69) is 10.1 Å². The van der Waals surface area contributed by atoms with Crippen molar-refractivity contribution in [3.8, 4) is 5.75 Å². The fourth-order valence-corrected chi connectivity index (χ4v) is 1.76. The standard InChI is InChI=1S/C15H12F3NO3/c16-15(17,18)22-13-6-4-11(5-7-13)14(21)19-12-3-1-2-10(8-12)9-20/h1-8,20H,9H2,(H,19,21). The van der Waals surface area contributed by atoms with Crippen LogP contribution in [-0.2, 0) is 6.61 Å². The molecule has 1 amide bonds. The Bertz CT molecular complexity index is 654. The number of aliphatic hydroxyl groups excluding tert-OH is 1. The van der Waals surface area contributed by atoms with Crippen LogP contribution in [0.4, 0.5) is 18.9 Å². The molecule has 0 unspecified atom stereocenters. The van der Waals surface area contributed by atoms with Gasteiger partial charge in [-0.3, -0.25) is 4.79 Å². The summed E-state index contributed by atoms with van der Waals surface area (Å²) in [6.07, 6.45) is -4.77. The maximum Gasteiger partial charge on any atom is 0.573 e. The SMILES string of the molecule is O=C(Nc1cccc(CO)c1)c1ccc(OC(F)(F)F)cc1. The average Bonchev–Trinajstić information content (AvgIpc) is 2.46. The van der Waals surface area contributed by atoms with E-state index in [4.69, 9.17) is 5.11 Å². The first kappa shape index (κ1) is 15.8. The number of halogens is 3. The number of ether oxygens (including phenoxy) is 1. The second kappa shape index (κ2) is 6.48. The maximum atomic E-state index is 12.0. The lowest BCUT2D eigenvalue weighted by Gasteiger charge is -2.10. The Labute approximate surface area is 124 Å². The molecular weight excluding hydrogens is 299 g/mol. The number of amides is 1. The van der Waals surface area contributed by atoms with Crippen LogP contribution in [0.5, 0.6) is 5.75 Å². The molecule has 2 rings (SSSR count). The van der Waals surface area contributed by atoms with E-state index < -0.39 is 18.0 Å². The highest BCUT2D eigenvalue weighted by atomic mass is 19.4. The van der Waals surface area contributed by atoms with Gasteiger partial charge in [-0.15, -0.1) is 13.2 Å². The summed E-state index contributed by atoms with van der Waals surface area (Å²) < 4.78 is 39.8. The molecule has 116 valence electrons. The maximum absolute atomic E-state index is 12.0. The number of carbonyl (C=O) groups excluding carboxylic acids is 1. The van der Waals surface area contributed by atoms with E-state index in [1.807, 2.05) is 0 Å². The van der Waals surface area contributed by atoms with Gasteiger partial charge in [0.25, 0.3) is 5.91 Å². The Morgan fingerprint density at radius 3 is 2.41 bits per heavy atom. The molecule has 0 fully saturated rings. The third-order valence-electron chi connectivity index (χ3n) is 2.72. The van der Waals surface area contributed by atoms with Gasteiger partial charge in [-0.25, -0.2) is 0 Å². The van der Waals surface area contributed by atoms with Gasteiger partial charge in [-0.2, -0.15) is 0 Å². The van der Waals surface area contributed by atoms with Crippen LogP contribution in [0.2, 0.25) is 0 Å². The van der Waals surface area contributed by atoms with E-state index in [0.29, 0.717) is 11.3 Å². The summed E-state index contributed by atoms with van der Waals surface area (Å²) in [4.78, 5) is 12.0. The molecule has 0 heterocycles. The van der Waals surface area contributed by atoms with Crippen LogP contribution < -0.4 is 10.1 Å². The fraction of sp³-hybridized carbons (Fsp3) is 0.133. The van der Waals surface area contributed by atoms with Crippen LogP contribution in [0.3, 0.4) is 0 Å². The number of carbonyl (C=O) groups is 1. The van der Waals surface area contributed by atoms with Crippen molar-refractivity contribution in [3.63, 3.8) is 0 Å². The van der Waals surface area contributed by atoms with Gasteiger partial charge in [0.05, 0.1) is 6.61 Å². The number of nitrogens with one attached hydrogen (secondary N) is 1. The van der Waals surface area contributed by atoms with Crippen molar-refractivity contribution >= 4 is 11.6 Å². The molecule has 7 heteroatoms. The molecule has 0 bridgehead atoms. The van der Waals surface area contributed by atoms with Gasteiger partial charge >= 0.3 is 6.36 Å². The van der Waals surface area contributed by atoms with Crippen molar-refractivity contribution in [2.75, 3.05) is 5.32 Å². The highest BCUT2D eigenvalue weighted by Crippen LogP contribution is 2.23. The molecule has 0 saturated carbocycles. The zero-order valence-electron chi connectivity index (χ0n) is 11.2. The van der Waals surface area contributed by atoms with Gasteiger partial charge in [0.2, 0.25) is 0 Å². The number of anilines is 1. The van der Waals surface area contributed by atoms with Crippen molar-refractivity contribution in [1.29, 1.82) is 0 Å². The molecule has 2 aromatic rings. The smallest absolute Gasteiger partial charge is 0.406 e. The quantitative estimate of drug-likeness (QED) is 0.910. The highest BCUT2D eigenvalue weighted by molar-refractivity contribution is 6.04. The summed E-state index contributed by atoms with van der Waals surface area (Å²) in [5.41, 5.74) is 1.29. The highest BCUT2D eigenvalue weighted by Gasteiger charge is 2.31. The predicted octanol–water partition coefficient (Wildman–Crippen LogP) is 3.33. The molecule has 0 radical (unpaired) electrons. The first-order chi connectivity index (χ1) is 10.4. The molecule has 2 aromatic carbocycles. The number of benzene rings is 2. The van der Waals surface area contributed by atoms with Crippen LogP contribution in [0, 0.1) is 0 Å². The number of aliphatic hydroxyl groups is 1. The lowest BCUT2D eigenvalue weighted by molar-refractivity contribution is -0.274. The molecular formula is C15H12F3NO3.